The summed E-state index contributed by atoms with van der Waals surface area (Å²) in [7, 11) is 0. The number of carbonyl (C=O) groups is 1. The number of nitrogens with zero attached hydrogens (tertiary/aromatic N) is 1. The first-order valence-corrected chi connectivity index (χ1v) is 4.47. The minimum absolute atomic E-state index is 0.158. The number of rotatable bonds is 3. The van der Waals surface area contributed by atoms with Crippen LogP contribution in [0.5, 0.6) is 0 Å². The van der Waals surface area contributed by atoms with E-state index in [-0.39, 0.29) is 11.9 Å². The molecule has 70 valence electrons. The average Bonchev–Trinajstić information content (AvgIpc) is 2.56. The summed E-state index contributed by atoms with van der Waals surface area (Å²) in [5.41, 5.74) is 10.9. The van der Waals surface area contributed by atoms with Crippen molar-refractivity contribution in [1.29, 1.82) is 0 Å². The van der Waals surface area contributed by atoms with E-state index in [4.69, 9.17) is 11.5 Å². The van der Waals surface area contributed by atoms with E-state index in [1.165, 1.54) is 0 Å². The summed E-state index contributed by atoms with van der Waals surface area (Å²) < 4.78 is 0. The second kappa shape index (κ2) is 4.42. The van der Waals surface area contributed by atoms with Gasteiger partial charge in [0.15, 0.2) is 0 Å². The third-order valence-corrected chi connectivity index (χ3v) is 2.20. The Balaban J connectivity index is 2.27. The van der Waals surface area contributed by atoms with Crippen LogP contribution in [0.4, 0.5) is 0 Å². The zero-order chi connectivity index (χ0) is 8.97. The van der Waals surface area contributed by atoms with Crippen molar-refractivity contribution in [3.63, 3.8) is 0 Å². The van der Waals surface area contributed by atoms with Gasteiger partial charge >= 0.3 is 0 Å². The first-order chi connectivity index (χ1) is 5.74. The van der Waals surface area contributed by atoms with E-state index in [0.29, 0.717) is 13.0 Å². The van der Waals surface area contributed by atoms with Gasteiger partial charge in [-0.15, -0.1) is 0 Å². The van der Waals surface area contributed by atoms with Gasteiger partial charge in [0.1, 0.15) is 0 Å². The minimum Gasteiger partial charge on any atom is -0.343 e. The molecule has 4 heteroatoms. The highest BCUT2D eigenvalue weighted by atomic mass is 16.2. The molecule has 4 N–H and O–H groups in total. The van der Waals surface area contributed by atoms with Crippen molar-refractivity contribution in [3.8, 4) is 0 Å². The molecule has 1 rings (SSSR count). The highest BCUT2D eigenvalue weighted by Gasteiger charge is 2.19. The Morgan fingerprint density at radius 1 is 1.42 bits per heavy atom. The van der Waals surface area contributed by atoms with Gasteiger partial charge in [0.05, 0.1) is 0 Å². The molecule has 4 nitrogen and oxygen atoms in total. The predicted molar refractivity (Wildman–Crippen MR) is 47.5 cm³/mol. The molecule has 0 saturated carbocycles. The molecule has 0 aromatic rings. The van der Waals surface area contributed by atoms with Crippen molar-refractivity contribution < 1.29 is 4.79 Å². The van der Waals surface area contributed by atoms with E-state index in [2.05, 4.69) is 0 Å². The Morgan fingerprint density at radius 2 is 2.00 bits per heavy atom. The molecular weight excluding hydrogens is 154 g/mol. The molecule has 0 bridgehead atoms. The maximum atomic E-state index is 11.4. The van der Waals surface area contributed by atoms with Crippen LogP contribution in [0.25, 0.3) is 0 Å². The van der Waals surface area contributed by atoms with Gasteiger partial charge in [0.2, 0.25) is 5.91 Å². The van der Waals surface area contributed by atoms with Gasteiger partial charge in [-0.25, -0.2) is 0 Å². The smallest absolute Gasteiger partial charge is 0.224 e. The maximum Gasteiger partial charge on any atom is 0.224 e. The molecule has 0 radical (unpaired) electrons. The Morgan fingerprint density at radius 3 is 2.50 bits per heavy atom. The van der Waals surface area contributed by atoms with Gasteiger partial charge in [-0.1, -0.05) is 0 Å². The Labute approximate surface area is 72.9 Å². The fourth-order valence-corrected chi connectivity index (χ4v) is 1.40. The van der Waals surface area contributed by atoms with Gasteiger partial charge in [-0.05, 0) is 12.8 Å². The van der Waals surface area contributed by atoms with Crippen molar-refractivity contribution in [2.75, 3.05) is 19.6 Å². The predicted octanol–water partition coefficient (Wildman–Crippen LogP) is -0.715. The van der Waals surface area contributed by atoms with Crippen molar-refractivity contribution in [1.82, 2.24) is 4.90 Å². The van der Waals surface area contributed by atoms with E-state index in [9.17, 15) is 4.79 Å². The second-order valence-electron chi connectivity index (χ2n) is 3.29. The molecule has 1 atom stereocenters. The molecule has 1 amide bonds. The summed E-state index contributed by atoms with van der Waals surface area (Å²) >= 11 is 0. The summed E-state index contributed by atoms with van der Waals surface area (Å²) in [6.07, 6.45) is 2.66. The normalized spacial score (nSPS) is 19.7. The molecule has 1 fully saturated rings. The molecule has 0 aromatic heterocycles. The van der Waals surface area contributed by atoms with Crippen LogP contribution in [0.3, 0.4) is 0 Å². The van der Waals surface area contributed by atoms with Crippen LogP contribution in [0, 0.1) is 0 Å². The quantitative estimate of drug-likeness (QED) is 0.589. The monoisotopic (exact) mass is 171 g/mol. The SMILES string of the molecule is NCC(N)CC(=O)N1CCCC1. The van der Waals surface area contributed by atoms with Gasteiger partial charge < -0.3 is 16.4 Å². The van der Waals surface area contributed by atoms with Gasteiger partial charge in [0, 0.05) is 32.1 Å². The van der Waals surface area contributed by atoms with E-state index in [1.54, 1.807) is 0 Å². The number of likely N-dealkylation sites (tertiary alicyclic amines) is 1. The molecule has 1 aliphatic rings. The fraction of sp³-hybridized carbons (Fsp3) is 0.875. The Bertz CT molecular complexity index is 154. The van der Waals surface area contributed by atoms with Crippen molar-refractivity contribution in [2.45, 2.75) is 25.3 Å². The Hall–Kier alpha value is -0.610. The summed E-state index contributed by atoms with van der Waals surface area (Å²) in [5, 5.41) is 0. The summed E-state index contributed by atoms with van der Waals surface area (Å²) in [6.45, 7) is 2.19. The number of hydrogen-bond donors (Lipinski definition) is 2. The van der Waals surface area contributed by atoms with Gasteiger partial charge in [0.25, 0.3) is 0 Å². The lowest BCUT2D eigenvalue weighted by Crippen LogP contribution is -2.37. The lowest BCUT2D eigenvalue weighted by atomic mass is 10.2. The van der Waals surface area contributed by atoms with E-state index in [0.717, 1.165) is 25.9 Å². The third-order valence-electron chi connectivity index (χ3n) is 2.20. The fourth-order valence-electron chi connectivity index (χ4n) is 1.40. The highest BCUT2D eigenvalue weighted by molar-refractivity contribution is 5.77. The topological polar surface area (TPSA) is 72.3 Å². The number of nitrogens with two attached hydrogens (primary N) is 2. The van der Waals surface area contributed by atoms with Crippen molar-refractivity contribution >= 4 is 5.91 Å². The van der Waals surface area contributed by atoms with E-state index < -0.39 is 0 Å². The van der Waals surface area contributed by atoms with Crippen LogP contribution >= 0.6 is 0 Å². The highest BCUT2D eigenvalue weighted by Crippen LogP contribution is 2.09. The summed E-state index contributed by atoms with van der Waals surface area (Å²) in [6, 6.07) is -0.168. The number of carbonyl (C=O) groups excluding carboxylic acids is 1. The molecule has 0 aromatic carbocycles. The second-order valence-corrected chi connectivity index (χ2v) is 3.29. The molecule has 12 heavy (non-hydrogen) atoms. The molecule has 0 spiro atoms. The maximum absolute atomic E-state index is 11.4. The lowest BCUT2D eigenvalue weighted by molar-refractivity contribution is -0.130. The largest absolute Gasteiger partial charge is 0.343 e. The molecule has 1 unspecified atom stereocenters. The third kappa shape index (κ3) is 2.46. The average molecular weight is 171 g/mol. The van der Waals surface area contributed by atoms with Gasteiger partial charge in [-0.3, -0.25) is 4.79 Å². The minimum atomic E-state index is -0.168. The zero-order valence-corrected chi connectivity index (χ0v) is 7.33. The molecule has 1 aliphatic heterocycles. The number of hydrogen-bond acceptors (Lipinski definition) is 3. The van der Waals surface area contributed by atoms with Crippen LogP contribution in [0.15, 0.2) is 0 Å². The molecule has 1 heterocycles. The van der Waals surface area contributed by atoms with Crippen LogP contribution in [0.2, 0.25) is 0 Å². The van der Waals surface area contributed by atoms with E-state index in [1.807, 2.05) is 4.90 Å². The lowest BCUT2D eigenvalue weighted by Gasteiger charge is -2.17. The Kier molecular flexibility index (Phi) is 3.49. The first-order valence-electron chi connectivity index (χ1n) is 4.47. The van der Waals surface area contributed by atoms with Gasteiger partial charge in [-0.2, -0.15) is 0 Å². The van der Waals surface area contributed by atoms with Crippen molar-refractivity contribution in [2.24, 2.45) is 11.5 Å². The van der Waals surface area contributed by atoms with Crippen molar-refractivity contribution in [3.05, 3.63) is 0 Å². The summed E-state index contributed by atoms with van der Waals surface area (Å²) in [4.78, 5) is 13.3. The molecular formula is C8H17N3O. The number of amides is 1. The van der Waals surface area contributed by atoms with Crippen LogP contribution < -0.4 is 11.5 Å². The van der Waals surface area contributed by atoms with Crippen LogP contribution in [0.1, 0.15) is 19.3 Å². The molecule has 0 aliphatic carbocycles. The zero-order valence-electron chi connectivity index (χ0n) is 7.33. The van der Waals surface area contributed by atoms with Crippen LogP contribution in [-0.2, 0) is 4.79 Å². The summed E-state index contributed by atoms with van der Waals surface area (Å²) in [5.74, 6) is 0.158. The van der Waals surface area contributed by atoms with E-state index >= 15 is 0 Å². The standard InChI is InChI=1S/C8H17N3O/c9-6-7(10)5-8(12)11-3-1-2-4-11/h7H,1-6,9-10H2. The first kappa shape index (κ1) is 9.48. The van der Waals surface area contributed by atoms with Crippen LogP contribution in [-0.4, -0.2) is 36.5 Å². The molecule has 1 saturated heterocycles.